The van der Waals surface area contributed by atoms with E-state index in [2.05, 4.69) is 0 Å². The molecule has 5 N–H and O–H groups in total. The minimum Gasteiger partial charge on any atom is -0.455 e. The van der Waals surface area contributed by atoms with Crippen LogP contribution in [-0.2, 0) is 42.8 Å². The van der Waals surface area contributed by atoms with E-state index in [0.29, 0.717) is 19.3 Å². The molecule has 0 bridgehead atoms. The Hall–Kier alpha value is -1.91. The van der Waals surface area contributed by atoms with Crippen molar-refractivity contribution in [3.8, 4) is 0 Å². The van der Waals surface area contributed by atoms with E-state index >= 15 is 0 Å². The lowest BCUT2D eigenvalue weighted by molar-refractivity contribution is -0.384. The van der Waals surface area contributed by atoms with Crippen LogP contribution in [0.2, 0.25) is 0 Å². The van der Waals surface area contributed by atoms with Crippen LogP contribution in [0.1, 0.15) is 60.8 Å². The normalized spacial score (nSPS) is 35.8. The van der Waals surface area contributed by atoms with Crippen molar-refractivity contribution >= 4 is 17.9 Å². The summed E-state index contributed by atoms with van der Waals surface area (Å²) in [5.74, 6) is -6.30. The Bertz CT molecular complexity index is 869. The van der Waals surface area contributed by atoms with Crippen molar-refractivity contribution in [1.29, 1.82) is 0 Å². The van der Waals surface area contributed by atoms with Crippen LogP contribution in [0.15, 0.2) is 0 Å². The van der Waals surface area contributed by atoms with Crippen LogP contribution in [0.5, 0.6) is 0 Å². The maximum Gasteiger partial charge on any atom is 0.309 e. The van der Waals surface area contributed by atoms with Crippen LogP contribution in [-0.4, -0.2) is 118 Å². The number of carbonyl (C=O) groups excluding carboxylic acids is 3. The second-order valence-corrected chi connectivity index (χ2v) is 10.7. The lowest BCUT2D eigenvalue weighted by atomic mass is 9.96. The average Bonchev–Trinajstić information content (AvgIpc) is 3.22. The van der Waals surface area contributed by atoms with Crippen LogP contribution in [0, 0.1) is 17.8 Å². The van der Waals surface area contributed by atoms with Crippen molar-refractivity contribution in [2.24, 2.45) is 17.8 Å². The third-order valence-electron chi connectivity index (χ3n) is 7.79. The van der Waals surface area contributed by atoms with E-state index < -0.39 is 110 Å². The van der Waals surface area contributed by atoms with E-state index in [1.54, 1.807) is 41.5 Å². The van der Waals surface area contributed by atoms with Crippen molar-refractivity contribution in [2.45, 2.75) is 116 Å². The maximum atomic E-state index is 13.0. The Kier molecular flexibility index (Phi) is 13.4. The molecule has 2 fully saturated rings. The number of esters is 3. The standard InChI is InChI=1S/C27H46O14/c1-7-13(4)23(33)37-19-17(11-29)36-26(41-27(12-30)22(32)18(31)16(10-28)40-27)21(39-25(35)15(6)9-3)20(19)38-24(34)14(5)8-2/h13-22,26,28-32H,7-12H2,1-6H3/t13?,14?,15?,16-,17-,18-,19-,20+,21-,22+,26-,27+/m1/s1. The molecule has 14 heteroatoms. The molecule has 2 aliphatic heterocycles. The Morgan fingerprint density at radius 3 is 1.56 bits per heavy atom. The van der Waals surface area contributed by atoms with Gasteiger partial charge in [-0.05, 0) is 19.3 Å². The molecule has 14 nitrogen and oxygen atoms in total. The van der Waals surface area contributed by atoms with E-state index in [9.17, 15) is 39.9 Å². The van der Waals surface area contributed by atoms with E-state index in [1.807, 2.05) is 0 Å². The topological polar surface area (TPSA) is 208 Å². The molecule has 238 valence electrons. The first-order valence-electron chi connectivity index (χ1n) is 14.2. The largest absolute Gasteiger partial charge is 0.455 e. The van der Waals surface area contributed by atoms with Gasteiger partial charge in [-0.2, -0.15) is 0 Å². The summed E-state index contributed by atoms with van der Waals surface area (Å²) in [6.07, 6.45) is -11.5. The third-order valence-corrected chi connectivity index (χ3v) is 7.79. The lowest BCUT2D eigenvalue weighted by Gasteiger charge is -2.46. The quantitative estimate of drug-likeness (QED) is 0.126. The summed E-state index contributed by atoms with van der Waals surface area (Å²) >= 11 is 0. The molecule has 0 saturated carbocycles. The molecule has 0 spiro atoms. The molecule has 0 aliphatic carbocycles. The van der Waals surface area contributed by atoms with Crippen molar-refractivity contribution in [1.82, 2.24) is 0 Å². The molecule has 2 heterocycles. The lowest BCUT2D eigenvalue weighted by Crippen LogP contribution is -2.65. The Balaban J connectivity index is 2.61. The number of hydrogen-bond donors (Lipinski definition) is 5. The molecular formula is C27H46O14. The third kappa shape index (κ3) is 7.93. The number of carbonyl (C=O) groups is 3. The molecule has 41 heavy (non-hydrogen) atoms. The van der Waals surface area contributed by atoms with Gasteiger partial charge in [-0.15, -0.1) is 0 Å². The van der Waals surface area contributed by atoms with Gasteiger partial charge in [-0.1, -0.05) is 41.5 Å². The molecule has 0 aromatic rings. The van der Waals surface area contributed by atoms with E-state index in [-0.39, 0.29) is 0 Å². The van der Waals surface area contributed by atoms with Gasteiger partial charge in [0.2, 0.25) is 12.1 Å². The van der Waals surface area contributed by atoms with Gasteiger partial charge in [0.1, 0.15) is 31.0 Å². The Morgan fingerprint density at radius 1 is 0.732 bits per heavy atom. The van der Waals surface area contributed by atoms with Crippen molar-refractivity contribution < 1.29 is 68.3 Å². The average molecular weight is 595 g/mol. The maximum absolute atomic E-state index is 13.0. The summed E-state index contributed by atoms with van der Waals surface area (Å²) in [6, 6.07) is 0. The molecule has 2 aliphatic rings. The highest BCUT2D eigenvalue weighted by atomic mass is 16.8. The Labute approximate surface area is 239 Å². The number of aliphatic hydroxyl groups is 5. The van der Waals surface area contributed by atoms with Crippen LogP contribution in [0.3, 0.4) is 0 Å². The molecule has 3 unspecified atom stereocenters. The van der Waals surface area contributed by atoms with Gasteiger partial charge < -0.3 is 54.0 Å². The van der Waals surface area contributed by atoms with Crippen LogP contribution < -0.4 is 0 Å². The van der Waals surface area contributed by atoms with Gasteiger partial charge in [0, 0.05) is 0 Å². The zero-order chi connectivity index (χ0) is 31.1. The first-order valence-corrected chi connectivity index (χ1v) is 14.2. The second kappa shape index (κ2) is 15.5. The van der Waals surface area contributed by atoms with E-state index in [4.69, 9.17) is 28.4 Å². The zero-order valence-electron chi connectivity index (χ0n) is 24.5. The summed E-state index contributed by atoms with van der Waals surface area (Å²) in [7, 11) is 0. The first-order chi connectivity index (χ1) is 19.3. The van der Waals surface area contributed by atoms with E-state index in [0.717, 1.165) is 0 Å². The van der Waals surface area contributed by atoms with Crippen LogP contribution >= 0.6 is 0 Å². The minimum atomic E-state index is -2.37. The van der Waals surface area contributed by atoms with E-state index in [1.165, 1.54) is 0 Å². The molecule has 2 rings (SSSR count). The van der Waals surface area contributed by atoms with Gasteiger partial charge in [0.05, 0.1) is 31.0 Å². The fraction of sp³-hybridized carbons (Fsp3) is 0.889. The van der Waals surface area contributed by atoms with Gasteiger partial charge in [0.15, 0.2) is 18.3 Å². The summed E-state index contributed by atoms with van der Waals surface area (Å²) in [5.41, 5.74) is 0. The highest BCUT2D eigenvalue weighted by Crippen LogP contribution is 2.38. The van der Waals surface area contributed by atoms with Gasteiger partial charge in [-0.25, -0.2) is 0 Å². The fourth-order valence-corrected chi connectivity index (χ4v) is 4.24. The van der Waals surface area contributed by atoms with Gasteiger partial charge >= 0.3 is 17.9 Å². The molecule has 12 atom stereocenters. The predicted molar refractivity (Wildman–Crippen MR) is 139 cm³/mol. The molecular weight excluding hydrogens is 548 g/mol. The second-order valence-electron chi connectivity index (χ2n) is 10.7. The summed E-state index contributed by atoms with van der Waals surface area (Å²) in [5, 5.41) is 51.0. The number of hydrogen-bond acceptors (Lipinski definition) is 14. The summed E-state index contributed by atoms with van der Waals surface area (Å²) < 4.78 is 34.3. The molecule has 0 amide bonds. The van der Waals surface area contributed by atoms with Crippen molar-refractivity contribution in [2.75, 3.05) is 19.8 Å². The molecule has 0 radical (unpaired) electrons. The Morgan fingerprint density at radius 2 is 1.17 bits per heavy atom. The van der Waals surface area contributed by atoms with Crippen molar-refractivity contribution in [3.63, 3.8) is 0 Å². The summed E-state index contributed by atoms with van der Waals surface area (Å²) in [4.78, 5) is 38.9. The molecule has 0 aromatic heterocycles. The zero-order valence-corrected chi connectivity index (χ0v) is 24.5. The van der Waals surface area contributed by atoms with Crippen molar-refractivity contribution in [3.05, 3.63) is 0 Å². The molecule has 0 aromatic carbocycles. The van der Waals surface area contributed by atoms with Gasteiger partial charge in [0.25, 0.3) is 0 Å². The number of ether oxygens (including phenoxy) is 6. The molecule has 2 saturated heterocycles. The highest BCUT2D eigenvalue weighted by molar-refractivity contribution is 5.74. The van der Waals surface area contributed by atoms with Crippen LogP contribution in [0.25, 0.3) is 0 Å². The highest BCUT2D eigenvalue weighted by Gasteiger charge is 2.60. The monoisotopic (exact) mass is 594 g/mol. The fourth-order valence-electron chi connectivity index (χ4n) is 4.24. The minimum absolute atomic E-state index is 0.383. The number of aliphatic hydroxyl groups excluding tert-OH is 5. The predicted octanol–water partition coefficient (Wildman–Crippen LogP) is -0.605. The SMILES string of the molecule is CCC(C)C(=O)O[C@@H]1[C@@H](OC(=O)C(C)CC)[C@@H](O[C@]2(CO)O[C@H](CO)[C@@H](O)[C@@H]2O)O[C@H](CO)[C@H]1OC(=O)C(C)CC. The smallest absolute Gasteiger partial charge is 0.309 e. The number of rotatable bonds is 14. The van der Waals surface area contributed by atoms with Gasteiger partial charge in [-0.3, -0.25) is 14.4 Å². The van der Waals surface area contributed by atoms with Crippen LogP contribution in [0.4, 0.5) is 0 Å². The summed E-state index contributed by atoms with van der Waals surface area (Å²) in [6.45, 7) is 7.56. The first kappa shape index (κ1) is 35.3.